The van der Waals surface area contributed by atoms with Crippen LogP contribution in [0, 0.1) is 10.1 Å². The quantitative estimate of drug-likeness (QED) is 0.536. The molecule has 1 aromatic heterocycles. The monoisotopic (exact) mass is 247 g/mol. The Morgan fingerprint density at radius 3 is 2.69 bits per heavy atom. The predicted molar refractivity (Wildman–Crippen MR) is 52.6 cm³/mol. The number of aliphatic hydroxyl groups is 1. The molecule has 1 aliphatic heterocycles. The van der Waals surface area contributed by atoms with Crippen molar-refractivity contribution in [3.8, 4) is 0 Å². The van der Waals surface area contributed by atoms with Crippen LogP contribution in [0.25, 0.3) is 0 Å². The van der Waals surface area contributed by atoms with Crippen molar-refractivity contribution in [2.24, 2.45) is 0 Å². The topological polar surface area (TPSA) is 115 Å². The minimum absolute atomic E-state index is 0.221. The largest absolute Gasteiger partial charge is 0.390 e. The Labute approximate surface area is 90.6 Å². The van der Waals surface area contributed by atoms with Crippen molar-refractivity contribution in [2.75, 3.05) is 11.5 Å². The fraction of sp³-hybridized carbons (Fsp3) is 0.571. The van der Waals surface area contributed by atoms with Gasteiger partial charge in [0.05, 0.1) is 23.7 Å². The maximum absolute atomic E-state index is 11.2. The number of rotatable bonds is 2. The number of nitro groups is 1. The summed E-state index contributed by atoms with van der Waals surface area (Å²) in [6.07, 6.45) is 1.24. The maximum Gasteiger partial charge on any atom is 0.381 e. The normalized spacial score (nSPS) is 28.1. The first-order chi connectivity index (χ1) is 7.39. The molecule has 2 atom stereocenters. The van der Waals surface area contributed by atoms with E-state index in [2.05, 4.69) is 4.98 Å². The number of sulfone groups is 1. The molecule has 16 heavy (non-hydrogen) atoms. The third-order valence-corrected chi connectivity index (χ3v) is 4.15. The second-order valence-electron chi connectivity index (χ2n) is 3.65. The molecular weight excluding hydrogens is 238 g/mol. The average molecular weight is 247 g/mol. The summed E-state index contributed by atoms with van der Waals surface area (Å²) in [5.41, 5.74) is 0. The molecule has 0 saturated carbocycles. The summed E-state index contributed by atoms with van der Waals surface area (Å²) in [5.74, 6) is -0.901. The molecule has 0 aromatic carbocycles. The van der Waals surface area contributed by atoms with Gasteiger partial charge in [0.15, 0.2) is 9.84 Å². The summed E-state index contributed by atoms with van der Waals surface area (Å²) in [7, 11) is -3.27. The lowest BCUT2D eigenvalue weighted by atomic mass is 10.2. The van der Waals surface area contributed by atoms with E-state index in [0.29, 0.717) is 0 Å². The molecule has 0 bridgehead atoms. The van der Waals surface area contributed by atoms with E-state index in [9.17, 15) is 23.6 Å². The summed E-state index contributed by atoms with van der Waals surface area (Å²) < 4.78 is 23.7. The standard InChI is InChI=1S/C7H9N3O5S/c11-6-3-16(14,15)2-5(6)9-1-7(8-4-9)10(12)13/h1,4-6,11H,2-3H2. The van der Waals surface area contributed by atoms with E-state index >= 15 is 0 Å². The average Bonchev–Trinajstić information content (AvgIpc) is 2.69. The van der Waals surface area contributed by atoms with Gasteiger partial charge in [0.25, 0.3) is 0 Å². The van der Waals surface area contributed by atoms with Gasteiger partial charge in [-0.25, -0.2) is 8.42 Å². The van der Waals surface area contributed by atoms with E-state index in [0.717, 1.165) is 12.5 Å². The fourth-order valence-electron chi connectivity index (χ4n) is 1.70. The first kappa shape index (κ1) is 11.0. The van der Waals surface area contributed by atoms with Gasteiger partial charge in [0, 0.05) is 0 Å². The smallest absolute Gasteiger partial charge is 0.381 e. The SMILES string of the molecule is O=[N+]([O-])c1cn(C2CS(=O)(=O)CC2O)cn1. The van der Waals surface area contributed by atoms with Crippen LogP contribution >= 0.6 is 0 Å². The molecule has 1 fully saturated rings. The van der Waals surface area contributed by atoms with Crippen molar-refractivity contribution >= 4 is 15.7 Å². The molecule has 2 unspecified atom stereocenters. The highest BCUT2D eigenvalue weighted by atomic mass is 32.2. The summed E-state index contributed by atoms with van der Waals surface area (Å²) in [6.45, 7) is 0. The Morgan fingerprint density at radius 1 is 1.56 bits per heavy atom. The Hall–Kier alpha value is -1.48. The Kier molecular flexibility index (Phi) is 2.43. The van der Waals surface area contributed by atoms with Crippen molar-refractivity contribution < 1.29 is 18.4 Å². The van der Waals surface area contributed by atoms with Crippen LogP contribution in [0.2, 0.25) is 0 Å². The summed E-state index contributed by atoms with van der Waals surface area (Å²) in [5, 5.41) is 19.9. The van der Waals surface area contributed by atoms with Crippen LogP contribution < -0.4 is 0 Å². The third-order valence-electron chi connectivity index (χ3n) is 2.45. The van der Waals surface area contributed by atoms with Gasteiger partial charge in [-0.15, -0.1) is 0 Å². The third kappa shape index (κ3) is 1.91. The van der Waals surface area contributed by atoms with E-state index < -0.39 is 26.9 Å². The molecule has 0 aliphatic carbocycles. The minimum atomic E-state index is -3.27. The van der Waals surface area contributed by atoms with Crippen LogP contribution in [0.3, 0.4) is 0 Å². The van der Waals surface area contributed by atoms with Crippen LogP contribution in [-0.2, 0) is 9.84 Å². The second kappa shape index (κ2) is 3.52. The van der Waals surface area contributed by atoms with Gasteiger partial charge in [0.1, 0.15) is 6.20 Å². The van der Waals surface area contributed by atoms with E-state index in [1.807, 2.05) is 0 Å². The lowest BCUT2D eigenvalue weighted by Crippen LogP contribution is -2.20. The van der Waals surface area contributed by atoms with Crippen molar-refractivity contribution in [1.29, 1.82) is 0 Å². The first-order valence-corrected chi connectivity index (χ1v) is 6.27. The van der Waals surface area contributed by atoms with E-state index in [1.54, 1.807) is 0 Å². The molecule has 1 N–H and O–H groups in total. The Morgan fingerprint density at radius 2 is 2.25 bits per heavy atom. The summed E-state index contributed by atoms with van der Waals surface area (Å²) >= 11 is 0. The van der Waals surface area contributed by atoms with E-state index in [-0.39, 0.29) is 17.3 Å². The molecular formula is C7H9N3O5S. The molecule has 2 heterocycles. The maximum atomic E-state index is 11.2. The molecule has 8 nitrogen and oxygen atoms in total. The zero-order chi connectivity index (χ0) is 11.9. The number of nitrogens with zero attached hydrogens (tertiary/aromatic N) is 3. The van der Waals surface area contributed by atoms with Crippen molar-refractivity contribution in [2.45, 2.75) is 12.1 Å². The van der Waals surface area contributed by atoms with Crippen LogP contribution in [0.1, 0.15) is 6.04 Å². The molecule has 1 saturated heterocycles. The molecule has 9 heteroatoms. The van der Waals surface area contributed by atoms with Gasteiger partial charge in [0.2, 0.25) is 6.33 Å². The van der Waals surface area contributed by atoms with Crippen molar-refractivity contribution in [1.82, 2.24) is 9.55 Å². The van der Waals surface area contributed by atoms with Gasteiger partial charge in [-0.1, -0.05) is 0 Å². The highest BCUT2D eigenvalue weighted by Crippen LogP contribution is 2.25. The molecule has 2 rings (SSSR count). The zero-order valence-electron chi connectivity index (χ0n) is 8.05. The van der Waals surface area contributed by atoms with Crippen molar-refractivity contribution in [3.63, 3.8) is 0 Å². The lowest BCUT2D eigenvalue weighted by molar-refractivity contribution is -0.389. The molecule has 1 aromatic rings. The van der Waals surface area contributed by atoms with Crippen LogP contribution in [0.5, 0.6) is 0 Å². The van der Waals surface area contributed by atoms with E-state index in [1.165, 1.54) is 4.57 Å². The van der Waals surface area contributed by atoms with E-state index in [4.69, 9.17) is 0 Å². The van der Waals surface area contributed by atoms with Gasteiger partial charge >= 0.3 is 5.82 Å². The van der Waals surface area contributed by atoms with Gasteiger partial charge in [-0.05, 0) is 9.91 Å². The number of aromatic nitrogens is 2. The predicted octanol–water partition coefficient (Wildman–Crippen LogP) is -0.878. The molecule has 0 spiro atoms. The number of hydrogen-bond donors (Lipinski definition) is 1. The highest BCUT2D eigenvalue weighted by Gasteiger charge is 2.38. The minimum Gasteiger partial charge on any atom is -0.390 e. The first-order valence-electron chi connectivity index (χ1n) is 4.45. The highest BCUT2D eigenvalue weighted by molar-refractivity contribution is 7.91. The van der Waals surface area contributed by atoms with Crippen LogP contribution in [0.15, 0.2) is 12.5 Å². The van der Waals surface area contributed by atoms with Gasteiger partial charge in [-0.2, -0.15) is 0 Å². The Balaban J connectivity index is 2.28. The summed E-state index contributed by atoms with van der Waals surface area (Å²) in [6, 6.07) is -0.689. The molecule has 0 radical (unpaired) electrons. The fourth-order valence-corrected chi connectivity index (χ4v) is 3.49. The molecule has 1 aliphatic rings. The van der Waals surface area contributed by atoms with Gasteiger partial charge in [-0.3, -0.25) is 0 Å². The molecule has 88 valence electrons. The van der Waals surface area contributed by atoms with Crippen LogP contribution in [-0.4, -0.2) is 45.6 Å². The second-order valence-corrected chi connectivity index (χ2v) is 5.80. The number of aliphatic hydroxyl groups excluding tert-OH is 1. The number of imidazole rings is 1. The van der Waals surface area contributed by atoms with Crippen molar-refractivity contribution in [3.05, 3.63) is 22.6 Å². The van der Waals surface area contributed by atoms with Crippen LogP contribution in [0.4, 0.5) is 5.82 Å². The lowest BCUT2D eigenvalue weighted by Gasteiger charge is -2.11. The number of hydrogen-bond acceptors (Lipinski definition) is 6. The summed E-state index contributed by atoms with van der Waals surface area (Å²) in [4.78, 5) is 13.2. The molecule has 0 amide bonds. The van der Waals surface area contributed by atoms with Gasteiger partial charge < -0.3 is 19.8 Å². The zero-order valence-corrected chi connectivity index (χ0v) is 8.87. The Bertz CT molecular complexity index is 522.